The Labute approximate surface area is 139 Å². The van der Waals surface area contributed by atoms with Crippen molar-refractivity contribution in [2.45, 2.75) is 0 Å². The normalized spacial score (nSPS) is 10.8. The molecule has 0 saturated carbocycles. The highest BCUT2D eigenvalue weighted by atomic mass is 32.1. The first-order valence-corrected chi connectivity index (χ1v) is 7.87. The fourth-order valence-corrected chi connectivity index (χ4v) is 3.18. The number of rotatable bonds is 3. The molecule has 4 aromatic heterocycles. The van der Waals surface area contributed by atoms with Gasteiger partial charge in [-0.15, -0.1) is 11.3 Å². The van der Waals surface area contributed by atoms with E-state index in [-0.39, 0.29) is 11.3 Å². The average molecular weight is 338 g/mol. The summed E-state index contributed by atoms with van der Waals surface area (Å²) >= 11 is 1.34. The van der Waals surface area contributed by atoms with Gasteiger partial charge in [0.25, 0.3) is 11.5 Å². The van der Waals surface area contributed by atoms with Gasteiger partial charge in [-0.3, -0.25) is 20.0 Å². The van der Waals surface area contributed by atoms with Gasteiger partial charge in [0.05, 0.1) is 11.6 Å². The van der Waals surface area contributed by atoms with Gasteiger partial charge in [0, 0.05) is 17.1 Å². The number of aromatic nitrogens is 3. The van der Waals surface area contributed by atoms with Crippen LogP contribution in [-0.2, 0) is 0 Å². The number of amides is 1. The van der Waals surface area contributed by atoms with Gasteiger partial charge < -0.3 is 4.42 Å². The first-order chi connectivity index (χ1) is 11.7. The third-order valence-corrected chi connectivity index (χ3v) is 4.29. The van der Waals surface area contributed by atoms with E-state index in [4.69, 9.17) is 4.42 Å². The van der Waals surface area contributed by atoms with Crippen LogP contribution in [0.25, 0.3) is 21.5 Å². The molecule has 1 amide bonds. The Morgan fingerprint density at radius 3 is 2.88 bits per heavy atom. The number of pyridine rings is 1. The Kier molecular flexibility index (Phi) is 3.43. The maximum absolute atomic E-state index is 12.7. The molecule has 0 aromatic carbocycles. The summed E-state index contributed by atoms with van der Waals surface area (Å²) < 4.78 is 6.42. The van der Waals surface area contributed by atoms with Gasteiger partial charge in [-0.1, -0.05) is 6.07 Å². The maximum Gasteiger partial charge on any atom is 0.288 e. The molecule has 0 spiro atoms. The van der Waals surface area contributed by atoms with Crippen LogP contribution in [0.3, 0.4) is 0 Å². The highest BCUT2D eigenvalue weighted by molar-refractivity contribution is 7.17. The van der Waals surface area contributed by atoms with E-state index in [1.165, 1.54) is 30.1 Å². The van der Waals surface area contributed by atoms with E-state index in [9.17, 15) is 9.59 Å². The number of carbonyl (C=O) groups is 1. The van der Waals surface area contributed by atoms with Crippen LogP contribution < -0.4 is 11.0 Å². The summed E-state index contributed by atoms with van der Waals surface area (Å²) in [6, 6.07) is 8.48. The molecule has 1 N–H and O–H groups in total. The molecule has 24 heavy (non-hydrogen) atoms. The predicted molar refractivity (Wildman–Crippen MR) is 89.5 cm³/mol. The third-order valence-electron chi connectivity index (χ3n) is 3.40. The van der Waals surface area contributed by atoms with Crippen molar-refractivity contribution in [1.29, 1.82) is 0 Å². The van der Waals surface area contributed by atoms with Gasteiger partial charge >= 0.3 is 0 Å². The van der Waals surface area contributed by atoms with Gasteiger partial charge in [0.15, 0.2) is 0 Å². The van der Waals surface area contributed by atoms with Gasteiger partial charge in [-0.2, -0.15) is 0 Å². The number of thiophene rings is 1. The zero-order valence-corrected chi connectivity index (χ0v) is 13.0. The van der Waals surface area contributed by atoms with E-state index in [2.05, 4.69) is 15.4 Å². The Balaban J connectivity index is 1.77. The van der Waals surface area contributed by atoms with Crippen LogP contribution in [0.4, 0.5) is 0 Å². The standard InChI is InChI=1S/C16H10N4O3S/c21-14(11-4-1-2-6-17-11)19-20-9-18-15-13(16(20)22)10(8-24-15)12-5-3-7-23-12/h1-9H,(H,19,21). The smallest absolute Gasteiger partial charge is 0.288 e. The summed E-state index contributed by atoms with van der Waals surface area (Å²) in [5.41, 5.74) is 2.98. The van der Waals surface area contributed by atoms with Crippen molar-refractivity contribution in [3.05, 3.63) is 70.5 Å². The molecule has 4 aromatic rings. The summed E-state index contributed by atoms with van der Waals surface area (Å²) in [7, 11) is 0. The van der Waals surface area contributed by atoms with Crippen molar-refractivity contribution in [1.82, 2.24) is 14.6 Å². The molecule has 0 aliphatic carbocycles. The molecule has 8 heteroatoms. The number of hydrogen-bond acceptors (Lipinski definition) is 6. The molecule has 0 unspecified atom stereocenters. The van der Waals surface area contributed by atoms with E-state index in [1.807, 2.05) is 5.38 Å². The fourth-order valence-electron chi connectivity index (χ4n) is 2.29. The van der Waals surface area contributed by atoms with Crippen molar-refractivity contribution in [3.8, 4) is 11.3 Å². The molecule has 0 saturated heterocycles. The lowest BCUT2D eigenvalue weighted by molar-refractivity contribution is 0.100. The lowest BCUT2D eigenvalue weighted by Crippen LogP contribution is -2.33. The van der Waals surface area contributed by atoms with Crippen molar-refractivity contribution in [3.63, 3.8) is 0 Å². The minimum atomic E-state index is -0.492. The lowest BCUT2D eigenvalue weighted by Gasteiger charge is -2.07. The number of hydrogen-bond donors (Lipinski definition) is 1. The minimum absolute atomic E-state index is 0.209. The van der Waals surface area contributed by atoms with Crippen LogP contribution in [0.15, 0.2) is 63.7 Å². The van der Waals surface area contributed by atoms with Crippen LogP contribution >= 0.6 is 11.3 Å². The molecule has 0 fully saturated rings. The zero-order valence-electron chi connectivity index (χ0n) is 12.2. The van der Waals surface area contributed by atoms with Crippen LogP contribution in [0.5, 0.6) is 0 Å². The summed E-state index contributed by atoms with van der Waals surface area (Å²) in [6.07, 6.45) is 4.33. The van der Waals surface area contributed by atoms with E-state index in [0.29, 0.717) is 21.5 Å². The third kappa shape index (κ3) is 2.38. The summed E-state index contributed by atoms with van der Waals surface area (Å²) in [5.74, 6) is 0.0857. The van der Waals surface area contributed by atoms with Gasteiger partial charge in [0.2, 0.25) is 0 Å². The molecule has 0 radical (unpaired) electrons. The number of nitrogens with one attached hydrogen (secondary N) is 1. The Bertz CT molecular complexity index is 1070. The number of carbonyl (C=O) groups excluding carboxylic acids is 1. The molecule has 7 nitrogen and oxygen atoms in total. The van der Waals surface area contributed by atoms with Crippen LogP contribution in [0, 0.1) is 0 Å². The Morgan fingerprint density at radius 1 is 1.21 bits per heavy atom. The summed E-state index contributed by atoms with van der Waals surface area (Å²) in [6.45, 7) is 0. The monoisotopic (exact) mass is 338 g/mol. The highest BCUT2D eigenvalue weighted by Gasteiger charge is 2.16. The van der Waals surface area contributed by atoms with Crippen LogP contribution in [0.1, 0.15) is 10.5 Å². The number of fused-ring (bicyclic) bond motifs is 1. The second kappa shape index (κ2) is 5.74. The lowest BCUT2D eigenvalue weighted by atomic mass is 10.2. The van der Waals surface area contributed by atoms with Crippen molar-refractivity contribution in [2.24, 2.45) is 0 Å². The maximum atomic E-state index is 12.7. The van der Waals surface area contributed by atoms with E-state index >= 15 is 0 Å². The highest BCUT2D eigenvalue weighted by Crippen LogP contribution is 2.30. The largest absolute Gasteiger partial charge is 0.464 e. The molecule has 0 aliphatic rings. The second-order valence-corrected chi connectivity index (χ2v) is 5.74. The first kappa shape index (κ1) is 14.3. The molecular weight excluding hydrogens is 328 g/mol. The summed E-state index contributed by atoms with van der Waals surface area (Å²) in [5, 5.41) is 2.21. The molecule has 0 bridgehead atoms. The SMILES string of the molecule is O=C(Nn1cnc2scc(-c3ccco3)c2c1=O)c1ccccn1. The van der Waals surface area contributed by atoms with Crippen molar-refractivity contribution >= 4 is 27.5 Å². The van der Waals surface area contributed by atoms with Crippen LogP contribution in [-0.4, -0.2) is 20.6 Å². The summed E-state index contributed by atoms with van der Waals surface area (Å²) in [4.78, 5) is 33.7. The number of furan rings is 1. The topological polar surface area (TPSA) is 90.0 Å². The molecule has 0 aliphatic heterocycles. The quantitative estimate of drug-likeness (QED) is 0.620. The van der Waals surface area contributed by atoms with Gasteiger partial charge in [-0.05, 0) is 24.3 Å². The van der Waals surface area contributed by atoms with Gasteiger partial charge in [0.1, 0.15) is 22.6 Å². The van der Waals surface area contributed by atoms with Crippen molar-refractivity contribution in [2.75, 3.05) is 5.43 Å². The Hall–Kier alpha value is -3.26. The van der Waals surface area contributed by atoms with E-state index in [0.717, 1.165) is 4.68 Å². The minimum Gasteiger partial charge on any atom is -0.464 e. The molecule has 4 heterocycles. The predicted octanol–water partition coefficient (Wildman–Crippen LogP) is 2.50. The van der Waals surface area contributed by atoms with Gasteiger partial charge in [-0.25, -0.2) is 9.66 Å². The zero-order chi connectivity index (χ0) is 16.5. The Morgan fingerprint density at radius 2 is 2.12 bits per heavy atom. The molecule has 4 rings (SSSR count). The first-order valence-electron chi connectivity index (χ1n) is 6.99. The van der Waals surface area contributed by atoms with E-state index < -0.39 is 5.91 Å². The fraction of sp³-hybridized carbons (Fsp3) is 0. The second-order valence-electron chi connectivity index (χ2n) is 4.88. The molecular formula is C16H10N4O3S. The average Bonchev–Trinajstić information content (AvgIpc) is 3.27. The van der Waals surface area contributed by atoms with Crippen LogP contribution in [0.2, 0.25) is 0 Å². The van der Waals surface area contributed by atoms with Crippen molar-refractivity contribution < 1.29 is 9.21 Å². The molecule has 118 valence electrons. The number of nitrogens with zero attached hydrogens (tertiary/aromatic N) is 3. The molecule has 0 atom stereocenters. The van der Waals surface area contributed by atoms with E-state index in [1.54, 1.807) is 30.3 Å².